The molecule has 24 heavy (non-hydrogen) atoms. The van der Waals surface area contributed by atoms with Crippen molar-refractivity contribution in [3.8, 4) is 0 Å². The van der Waals surface area contributed by atoms with Crippen LogP contribution in [-0.4, -0.2) is 21.4 Å². The number of carbonyl (C=O) groups excluding carboxylic acids is 1. The van der Waals surface area contributed by atoms with E-state index in [9.17, 15) is 13.2 Å². The number of hydrogen-bond donors (Lipinski definition) is 1. The van der Waals surface area contributed by atoms with Crippen molar-refractivity contribution < 1.29 is 13.2 Å². The van der Waals surface area contributed by atoms with Crippen LogP contribution in [0.2, 0.25) is 0 Å². The largest absolute Gasteiger partial charge is 0.316 e. The molecule has 0 aromatic heterocycles. The molecule has 0 saturated carbocycles. The predicted octanol–water partition coefficient (Wildman–Crippen LogP) is 2.96. The summed E-state index contributed by atoms with van der Waals surface area (Å²) in [6.45, 7) is 1.48. The van der Waals surface area contributed by atoms with Gasteiger partial charge in [0.2, 0.25) is 5.91 Å². The van der Waals surface area contributed by atoms with Crippen molar-refractivity contribution in [2.75, 3.05) is 16.7 Å². The van der Waals surface area contributed by atoms with Crippen molar-refractivity contribution in [3.05, 3.63) is 53.6 Å². The topological polar surface area (TPSA) is 66.5 Å². The molecule has 0 heterocycles. The fourth-order valence-corrected chi connectivity index (χ4v) is 3.97. The van der Waals surface area contributed by atoms with Gasteiger partial charge in [-0.1, -0.05) is 6.07 Å². The number of fused-ring (bicyclic) bond motifs is 1. The first-order valence-electron chi connectivity index (χ1n) is 7.86. The molecule has 2 aromatic carbocycles. The van der Waals surface area contributed by atoms with E-state index >= 15 is 0 Å². The Morgan fingerprint density at radius 1 is 1.04 bits per heavy atom. The number of carbonyl (C=O) groups is 1. The van der Waals surface area contributed by atoms with Gasteiger partial charge < -0.3 is 4.90 Å². The van der Waals surface area contributed by atoms with E-state index < -0.39 is 10.0 Å². The normalized spacial score (nSPS) is 13.4. The Morgan fingerprint density at radius 2 is 1.71 bits per heavy atom. The molecule has 0 radical (unpaired) electrons. The summed E-state index contributed by atoms with van der Waals surface area (Å²) in [5.41, 5.74) is 3.54. The van der Waals surface area contributed by atoms with Crippen LogP contribution in [0.1, 0.15) is 24.5 Å². The highest BCUT2D eigenvalue weighted by Crippen LogP contribution is 2.26. The molecule has 0 atom stereocenters. The molecule has 1 amide bonds. The zero-order valence-corrected chi connectivity index (χ0v) is 14.6. The van der Waals surface area contributed by atoms with Crippen molar-refractivity contribution in [3.63, 3.8) is 0 Å². The van der Waals surface area contributed by atoms with Crippen LogP contribution in [0.5, 0.6) is 0 Å². The number of nitrogens with zero attached hydrogens (tertiary/aromatic N) is 1. The molecule has 2 aromatic rings. The Labute approximate surface area is 142 Å². The van der Waals surface area contributed by atoms with Crippen LogP contribution >= 0.6 is 0 Å². The van der Waals surface area contributed by atoms with E-state index in [1.54, 1.807) is 43.4 Å². The minimum atomic E-state index is -3.61. The van der Waals surface area contributed by atoms with Gasteiger partial charge in [-0.15, -0.1) is 0 Å². The third-order valence-corrected chi connectivity index (χ3v) is 5.74. The van der Waals surface area contributed by atoms with E-state index in [1.807, 2.05) is 6.07 Å². The Morgan fingerprint density at radius 3 is 2.38 bits per heavy atom. The van der Waals surface area contributed by atoms with Gasteiger partial charge in [0.25, 0.3) is 10.0 Å². The van der Waals surface area contributed by atoms with Gasteiger partial charge in [0.1, 0.15) is 0 Å². The van der Waals surface area contributed by atoms with Crippen molar-refractivity contribution in [1.82, 2.24) is 0 Å². The highest BCUT2D eigenvalue weighted by Gasteiger charge is 2.18. The highest BCUT2D eigenvalue weighted by atomic mass is 32.2. The molecule has 1 aliphatic rings. The van der Waals surface area contributed by atoms with Gasteiger partial charge in [0.05, 0.1) is 4.90 Å². The van der Waals surface area contributed by atoms with Crippen LogP contribution in [0, 0.1) is 0 Å². The molecule has 0 saturated heterocycles. The number of amides is 1. The zero-order valence-electron chi connectivity index (χ0n) is 13.7. The van der Waals surface area contributed by atoms with Gasteiger partial charge in [-0.25, -0.2) is 8.42 Å². The minimum absolute atomic E-state index is 0.0820. The maximum absolute atomic E-state index is 12.6. The maximum Gasteiger partial charge on any atom is 0.261 e. The molecule has 1 aliphatic carbocycles. The van der Waals surface area contributed by atoms with Crippen molar-refractivity contribution >= 4 is 27.3 Å². The number of anilines is 2. The molecule has 0 unspecified atom stereocenters. The fourth-order valence-electron chi connectivity index (χ4n) is 2.86. The van der Waals surface area contributed by atoms with E-state index in [-0.39, 0.29) is 10.8 Å². The summed E-state index contributed by atoms with van der Waals surface area (Å²) in [6.07, 6.45) is 3.04. The van der Waals surface area contributed by atoms with Crippen LogP contribution in [0.3, 0.4) is 0 Å². The number of nitrogens with one attached hydrogen (secondary N) is 1. The lowest BCUT2D eigenvalue weighted by atomic mass is 10.1. The maximum atomic E-state index is 12.6. The number of aryl methyl sites for hydroxylation is 2. The lowest BCUT2D eigenvalue weighted by Gasteiger charge is -2.15. The van der Waals surface area contributed by atoms with E-state index in [0.717, 1.165) is 24.8 Å². The lowest BCUT2D eigenvalue weighted by Crippen LogP contribution is -2.22. The third-order valence-electron chi connectivity index (χ3n) is 4.36. The monoisotopic (exact) mass is 344 g/mol. The molecule has 6 heteroatoms. The quantitative estimate of drug-likeness (QED) is 0.927. The number of benzene rings is 2. The van der Waals surface area contributed by atoms with Gasteiger partial charge in [0.15, 0.2) is 0 Å². The third kappa shape index (κ3) is 3.28. The van der Waals surface area contributed by atoms with Crippen molar-refractivity contribution in [2.45, 2.75) is 31.1 Å². The Kier molecular flexibility index (Phi) is 4.32. The first-order valence-corrected chi connectivity index (χ1v) is 9.34. The molecule has 0 aliphatic heterocycles. The highest BCUT2D eigenvalue weighted by molar-refractivity contribution is 7.92. The van der Waals surface area contributed by atoms with Gasteiger partial charge >= 0.3 is 0 Å². The van der Waals surface area contributed by atoms with Gasteiger partial charge in [-0.05, 0) is 66.8 Å². The standard InChI is InChI=1S/C18H20N2O3S/c1-13(21)20(2)17-9-7-16(8-10-17)19-24(22,23)18-11-6-14-4-3-5-15(14)12-18/h6-12,19H,3-5H2,1-2H3. The van der Waals surface area contributed by atoms with Crippen molar-refractivity contribution in [1.29, 1.82) is 0 Å². The summed E-state index contributed by atoms with van der Waals surface area (Å²) in [5.74, 6) is -0.0820. The van der Waals surface area contributed by atoms with Crippen molar-refractivity contribution in [2.24, 2.45) is 0 Å². The van der Waals surface area contributed by atoms with E-state index in [2.05, 4.69) is 4.72 Å². The van der Waals surface area contributed by atoms with E-state index in [0.29, 0.717) is 11.4 Å². The summed E-state index contributed by atoms with van der Waals surface area (Å²) >= 11 is 0. The summed E-state index contributed by atoms with van der Waals surface area (Å²) < 4.78 is 27.7. The van der Waals surface area contributed by atoms with Crippen LogP contribution in [0.15, 0.2) is 47.4 Å². The molecular formula is C18H20N2O3S. The smallest absolute Gasteiger partial charge is 0.261 e. The average Bonchev–Trinajstić information content (AvgIpc) is 3.02. The second-order valence-corrected chi connectivity index (χ2v) is 7.70. The first-order chi connectivity index (χ1) is 11.4. The van der Waals surface area contributed by atoms with Gasteiger partial charge in [-0.3, -0.25) is 9.52 Å². The van der Waals surface area contributed by atoms with Crippen LogP contribution < -0.4 is 9.62 Å². The predicted molar refractivity (Wildman–Crippen MR) is 94.8 cm³/mol. The van der Waals surface area contributed by atoms with E-state index in [1.165, 1.54) is 17.4 Å². The molecule has 0 bridgehead atoms. The molecule has 3 rings (SSSR count). The minimum Gasteiger partial charge on any atom is -0.316 e. The summed E-state index contributed by atoms with van der Waals surface area (Å²) in [7, 11) is -1.94. The second-order valence-electron chi connectivity index (χ2n) is 6.01. The summed E-state index contributed by atoms with van der Waals surface area (Å²) in [6, 6.07) is 12.1. The Balaban J connectivity index is 1.81. The Bertz CT molecular complexity index is 874. The molecule has 5 nitrogen and oxygen atoms in total. The zero-order chi connectivity index (χ0) is 17.3. The lowest BCUT2D eigenvalue weighted by molar-refractivity contribution is -0.116. The average molecular weight is 344 g/mol. The fraction of sp³-hybridized carbons (Fsp3) is 0.278. The van der Waals surface area contributed by atoms with Gasteiger partial charge in [-0.2, -0.15) is 0 Å². The number of sulfonamides is 1. The van der Waals surface area contributed by atoms with Crippen LogP contribution in [0.25, 0.3) is 0 Å². The molecule has 1 N–H and O–H groups in total. The second kappa shape index (κ2) is 6.28. The first kappa shape index (κ1) is 16.5. The number of hydrogen-bond acceptors (Lipinski definition) is 3. The van der Waals surface area contributed by atoms with E-state index in [4.69, 9.17) is 0 Å². The molecular weight excluding hydrogens is 324 g/mol. The molecule has 0 spiro atoms. The van der Waals surface area contributed by atoms with Crippen LogP contribution in [-0.2, 0) is 27.7 Å². The summed E-state index contributed by atoms with van der Waals surface area (Å²) in [5, 5.41) is 0. The molecule has 126 valence electrons. The molecule has 0 fully saturated rings. The Hall–Kier alpha value is -2.34. The summed E-state index contributed by atoms with van der Waals surface area (Å²) in [4.78, 5) is 13.1. The van der Waals surface area contributed by atoms with Gasteiger partial charge in [0, 0.05) is 25.3 Å². The SMILES string of the molecule is CC(=O)N(C)c1ccc(NS(=O)(=O)c2ccc3c(c2)CCC3)cc1. The number of rotatable bonds is 4. The van der Waals surface area contributed by atoms with Crippen LogP contribution in [0.4, 0.5) is 11.4 Å².